The van der Waals surface area contributed by atoms with Crippen LogP contribution in [0.2, 0.25) is 0 Å². The number of carbonyl (C=O) groups is 1. The number of aromatic nitrogens is 4. The molecular weight excluding hydrogens is 480 g/mol. The highest BCUT2D eigenvalue weighted by molar-refractivity contribution is 5.85. The number of ether oxygens (including phenoxy) is 1. The Labute approximate surface area is 210 Å². The fourth-order valence-electron chi connectivity index (χ4n) is 5.48. The molecule has 2 aromatic carbocycles. The van der Waals surface area contributed by atoms with E-state index in [2.05, 4.69) is 15.3 Å². The normalized spacial score (nSPS) is 19.1. The summed E-state index contributed by atoms with van der Waals surface area (Å²) >= 11 is 0. The van der Waals surface area contributed by atoms with E-state index >= 15 is 0 Å². The molecule has 190 valence electrons. The fourth-order valence-corrected chi connectivity index (χ4v) is 5.48. The Morgan fingerprint density at radius 1 is 1.05 bits per heavy atom. The molecule has 1 N–H and O–H groups in total. The third-order valence-electron chi connectivity index (χ3n) is 7.25. The number of rotatable bonds is 7. The number of Topliss-reactive ketones (excluding diaryl/α,β-unsaturated/α-hetero) is 1. The smallest absolute Gasteiger partial charge is 0.387 e. The summed E-state index contributed by atoms with van der Waals surface area (Å²) in [7, 11) is 0. The van der Waals surface area contributed by atoms with Gasteiger partial charge in [0.05, 0.1) is 16.9 Å². The molecule has 3 heterocycles. The molecule has 1 fully saturated rings. The van der Waals surface area contributed by atoms with Gasteiger partial charge in [-0.25, -0.2) is 14.6 Å². The number of benzene rings is 2. The Kier molecular flexibility index (Phi) is 5.94. The molecule has 1 aliphatic heterocycles. The lowest BCUT2D eigenvalue weighted by atomic mass is 10.0. The first-order chi connectivity index (χ1) is 18.0. The minimum atomic E-state index is -2.93. The van der Waals surface area contributed by atoms with Crippen LogP contribution in [0.25, 0.3) is 22.0 Å². The third-order valence-corrected chi connectivity index (χ3v) is 7.25. The van der Waals surface area contributed by atoms with Gasteiger partial charge < -0.3 is 10.1 Å². The second-order valence-corrected chi connectivity index (χ2v) is 9.55. The number of nitrogens with one attached hydrogen (secondary N) is 1. The first-order valence-corrected chi connectivity index (χ1v) is 12.3. The summed E-state index contributed by atoms with van der Waals surface area (Å²) in [5.74, 6) is 1.24. The second-order valence-electron chi connectivity index (χ2n) is 9.55. The Morgan fingerprint density at radius 2 is 1.86 bits per heavy atom. The van der Waals surface area contributed by atoms with Gasteiger partial charge in [-0.3, -0.25) is 14.3 Å². The van der Waals surface area contributed by atoms with Crippen molar-refractivity contribution in [2.75, 3.05) is 11.9 Å². The summed E-state index contributed by atoms with van der Waals surface area (Å²) < 4.78 is 34.4. The van der Waals surface area contributed by atoms with Crippen molar-refractivity contribution in [3.8, 4) is 16.9 Å². The molecule has 0 amide bonds. The highest BCUT2D eigenvalue weighted by atomic mass is 19.3. The minimum absolute atomic E-state index is 0.111. The molecular formula is C27H25F2N5O3. The van der Waals surface area contributed by atoms with E-state index in [9.17, 15) is 18.4 Å². The average Bonchev–Trinajstić information content (AvgIpc) is 3.59. The van der Waals surface area contributed by atoms with E-state index in [-0.39, 0.29) is 17.4 Å². The van der Waals surface area contributed by atoms with E-state index in [4.69, 9.17) is 4.74 Å². The molecule has 37 heavy (non-hydrogen) atoms. The molecule has 2 aliphatic rings. The monoisotopic (exact) mass is 505 g/mol. The number of anilines is 1. The Bertz CT molecular complexity index is 1530. The summed E-state index contributed by atoms with van der Waals surface area (Å²) in [4.78, 5) is 33.4. The van der Waals surface area contributed by atoms with Gasteiger partial charge in [0.25, 0.3) is 5.56 Å². The van der Waals surface area contributed by atoms with Crippen LogP contribution in [-0.4, -0.2) is 38.3 Å². The van der Waals surface area contributed by atoms with Crippen LogP contribution in [0.1, 0.15) is 37.3 Å². The number of para-hydroxylation sites is 1. The predicted octanol–water partition coefficient (Wildman–Crippen LogP) is 4.64. The van der Waals surface area contributed by atoms with Gasteiger partial charge >= 0.3 is 6.61 Å². The third kappa shape index (κ3) is 4.36. The number of ketones is 1. The number of hydrogen-bond donors (Lipinski definition) is 1. The quantitative estimate of drug-likeness (QED) is 0.394. The van der Waals surface area contributed by atoms with Gasteiger partial charge in [0.1, 0.15) is 11.5 Å². The lowest BCUT2D eigenvalue weighted by molar-refractivity contribution is -0.117. The molecule has 0 saturated heterocycles. The maximum Gasteiger partial charge on any atom is 0.387 e. The largest absolute Gasteiger partial charge is 0.434 e. The van der Waals surface area contributed by atoms with Crippen molar-refractivity contribution in [2.24, 2.45) is 5.92 Å². The number of nitrogens with zero attached hydrogens (tertiary/aromatic N) is 4. The molecule has 0 bridgehead atoms. The van der Waals surface area contributed by atoms with Crippen molar-refractivity contribution in [1.82, 2.24) is 19.3 Å². The van der Waals surface area contributed by atoms with Gasteiger partial charge in [-0.15, -0.1) is 0 Å². The zero-order chi connectivity index (χ0) is 25.5. The summed E-state index contributed by atoms with van der Waals surface area (Å²) in [6, 6.07) is 12.0. The van der Waals surface area contributed by atoms with Crippen molar-refractivity contribution in [2.45, 2.75) is 44.9 Å². The molecule has 10 heteroatoms. The van der Waals surface area contributed by atoms with E-state index in [0.717, 1.165) is 17.5 Å². The molecule has 8 nitrogen and oxygen atoms in total. The zero-order valence-electron chi connectivity index (χ0n) is 19.9. The van der Waals surface area contributed by atoms with Gasteiger partial charge in [-0.2, -0.15) is 8.78 Å². The molecule has 1 aliphatic carbocycles. The maximum atomic E-state index is 13.1. The number of carbonyl (C=O) groups excluding carboxylic acids is 1. The molecule has 6 rings (SSSR count). The number of alkyl halides is 2. The first kappa shape index (κ1) is 23.3. The molecule has 0 spiro atoms. The van der Waals surface area contributed by atoms with Crippen LogP contribution in [0, 0.1) is 5.92 Å². The molecule has 0 unspecified atom stereocenters. The topological polar surface area (TPSA) is 91.0 Å². The van der Waals surface area contributed by atoms with Crippen LogP contribution < -0.4 is 15.6 Å². The Balaban J connectivity index is 1.31. The van der Waals surface area contributed by atoms with E-state index in [1.807, 2.05) is 16.8 Å². The lowest BCUT2D eigenvalue weighted by Gasteiger charge is -2.18. The van der Waals surface area contributed by atoms with E-state index < -0.39 is 6.61 Å². The predicted molar refractivity (Wildman–Crippen MR) is 134 cm³/mol. The van der Waals surface area contributed by atoms with E-state index in [1.165, 1.54) is 6.07 Å². The molecule has 2 aromatic heterocycles. The van der Waals surface area contributed by atoms with Crippen LogP contribution in [0.4, 0.5) is 14.7 Å². The fraction of sp³-hybridized carbons (Fsp3) is 0.333. The first-order valence-electron chi connectivity index (χ1n) is 12.3. The summed E-state index contributed by atoms with van der Waals surface area (Å²) in [5, 5.41) is 3.77. The van der Waals surface area contributed by atoms with Gasteiger partial charge in [0.2, 0.25) is 5.95 Å². The number of halogens is 2. The van der Waals surface area contributed by atoms with Gasteiger partial charge in [0, 0.05) is 49.5 Å². The van der Waals surface area contributed by atoms with Crippen LogP contribution in [0.5, 0.6) is 5.75 Å². The summed E-state index contributed by atoms with van der Waals surface area (Å²) in [6.07, 6.45) is 6.18. The van der Waals surface area contributed by atoms with Crippen LogP contribution >= 0.6 is 0 Å². The Morgan fingerprint density at radius 3 is 2.62 bits per heavy atom. The SMILES string of the molecule is O=C1CC[C@@H](CNc2ncc(-c3ccc4c(=O)n5n(c4c3)[C@@H](c3ccccc3OC(F)F)CC5)cn2)C1. The summed E-state index contributed by atoms with van der Waals surface area (Å²) in [6.45, 7) is -1.79. The summed E-state index contributed by atoms with van der Waals surface area (Å²) in [5.41, 5.74) is 2.83. The highest BCUT2D eigenvalue weighted by Crippen LogP contribution is 2.37. The van der Waals surface area contributed by atoms with E-state index in [0.29, 0.717) is 66.5 Å². The average molecular weight is 506 g/mol. The van der Waals surface area contributed by atoms with Crippen molar-refractivity contribution in [3.63, 3.8) is 0 Å². The van der Waals surface area contributed by atoms with Gasteiger partial charge in [-0.05, 0) is 42.5 Å². The lowest BCUT2D eigenvalue weighted by Crippen LogP contribution is -2.18. The highest BCUT2D eigenvalue weighted by Gasteiger charge is 2.30. The number of fused-ring (bicyclic) bond motifs is 3. The molecule has 2 atom stereocenters. The van der Waals surface area contributed by atoms with Crippen LogP contribution in [-0.2, 0) is 11.3 Å². The van der Waals surface area contributed by atoms with Crippen molar-refractivity contribution < 1.29 is 18.3 Å². The van der Waals surface area contributed by atoms with Crippen molar-refractivity contribution in [1.29, 1.82) is 0 Å². The van der Waals surface area contributed by atoms with Crippen LogP contribution in [0.3, 0.4) is 0 Å². The van der Waals surface area contributed by atoms with Gasteiger partial charge in [-0.1, -0.05) is 24.3 Å². The van der Waals surface area contributed by atoms with Crippen molar-refractivity contribution >= 4 is 22.6 Å². The second kappa shape index (κ2) is 9.42. The standard InChI is InChI=1S/C27H25F2N5O3/c28-26(29)37-24-4-2-1-3-20(24)22-9-10-33-25(36)21-8-6-17(12-23(21)34(22)33)18-14-31-27(32-15-18)30-13-16-5-7-19(35)11-16/h1-4,6,8,12,14-16,22,26H,5,7,9-11,13H2,(H,30,31,32)/t16-,22-/m1/s1. The molecule has 4 aromatic rings. The van der Waals surface area contributed by atoms with Crippen LogP contribution in [0.15, 0.2) is 59.7 Å². The van der Waals surface area contributed by atoms with Gasteiger partial charge in [0.15, 0.2) is 0 Å². The van der Waals surface area contributed by atoms with E-state index in [1.54, 1.807) is 41.3 Å². The van der Waals surface area contributed by atoms with Crippen molar-refractivity contribution in [3.05, 3.63) is 70.8 Å². The maximum absolute atomic E-state index is 13.1. The zero-order valence-corrected chi connectivity index (χ0v) is 19.9. The Hall–Kier alpha value is -4.08. The molecule has 1 saturated carbocycles. The number of hydrogen-bond acceptors (Lipinski definition) is 6. The minimum Gasteiger partial charge on any atom is -0.434 e. The molecule has 0 radical (unpaired) electrons.